The molecule has 0 saturated carbocycles. The van der Waals surface area contributed by atoms with Crippen LogP contribution in [0.25, 0.3) is 16.8 Å². The molecule has 0 saturated heterocycles. The molecule has 0 aromatic heterocycles. The number of benzene rings is 3. The molecule has 0 bridgehead atoms. The highest BCUT2D eigenvalue weighted by Crippen LogP contribution is 2.43. The Morgan fingerprint density at radius 1 is 0.771 bits per heavy atom. The molecule has 0 fully saturated rings. The number of ether oxygens (including phenoxy) is 1. The first-order valence-electron chi connectivity index (χ1n) is 13.6. The maximum Gasteiger partial charge on any atom is 0.210 e. The first-order valence-corrected chi connectivity index (χ1v) is 13.6. The van der Waals surface area contributed by atoms with E-state index in [1.54, 1.807) is 0 Å². The van der Waals surface area contributed by atoms with Crippen LogP contribution in [0, 0.1) is 0 Å². The molecule has 3 aromatic rings. The summed E-state index contributed by atoms with van der Waals surface area (Å²) in [5.41, 5.74) is 5.18. The molecule has 0 aliphatic carbocycles. The molecule has 4 rings (SSSR count). The Labute approximate surface area is 212 Å². The van der Waals surface area contributed by atoms with Gasteiger partial charge in [0.15, 0.2) is 5.71 Å². The van der Waals surface area contributed by atoms with Crippen molar-refractivity contribution in [2.45, 2.75) is 77.6 Å². The van der Waals surface area contributed by atoms with E-state index < -0.39 is 0 Å². The van der Waals surface area contributed by atoms with E-state index in [-0.39, 0.29) is 5.41 Å². The van der Waals surface area contributed by atoms with Gasteiger partial charge in [0.05, 0.1) is 12.0 Å². The van der Waals surface area contributed by atoms with Crippen LogP contribution in [0.2, 0.25) is 0 Å². The quantitative estimate of drug-likeness (QED) is 0.191. The summed E-state index contributed by atoms with van der Waals surface area (Å²) in [4.78, 5) is 0. The van der Waals surface area contributed by atoms with Crippen LogP contribution in [-0.4, -0.2) is 23.9 Å². The summed E-state index contributed by atoms with van der Waals surface area (Å²) in [5.74, 6) is 0.968. The summed E-state index contributed by atoms with van der Waals surface area (Å²) >= 11 is 0. The maximum atomic E-state index is 5.98. The van der Waals surface area contributed by atoms with Crippen LogP contribution < -0.4 is 4.74 Å². The van der Waals surface area contributed by atoms with E-state index in [0.29, 0.717) is 0 Å². The van der Waals surface area contributed by atoms with Crippen molar-refractivity contribution in [3.63, 3.8) is 0 Å². The summed E-state index contributed by atoms with van der Waals surface area (Å²) in [6.45, 7) is 7.76. The molecule has 3 aromatic carbocycles. The molecule has 0 atom stereocenters. The average Bonchev–Trinajstić information content (AvgIpc) is 3.07. The van der Waals surface area contributed by atoms with Crippen molar-refractivity contribution in [2.24, 2.45) is 0 Å². The van der Waals surface area contributed by atoms with Crippen LogP contribution in [0.5, 0.6) is 5.75 Å². The fraction of sp³-hybridized carbons (Fsp3) is 0.424. The van der Waals surface area contributed by atoms with Gasteiger partial charge >= 0.3 is 0 Å². The van der Waals surface area contributed by atoms with Crippen molar-refractivity contribution in [3.05, 3.63) is 77.9 Å². The molecule has 1 aliphatic heterocycles. The third-order valence-electron chi connectivity index (χ3n) is 7.48. The summed E-state index contributed by atoms with van der Waals surface area (Å²) in [5, 5.41) is 2.66. The van der Waals surface area contributed by atoms with E-state index in [1.807, 2.05) is 0 Å². The van der Waals surface area contributed by atoms with Crippen LogP contribution in [-0.2, 0) is 5.41 Å². The van der Waals surface area contributed by atoms with E-state index in [2.05, 4.69) is 105 Å². The third kappa shape index (κ3) is 5.86. The molecule has 2 nitrogen and oxygen atoms in total. The molecule has 0 amide bonds. The smallest absolute Gasteiger partial charge is 0.210 e. The maximum absolute atomic E-state index is 5.98. The van der Waals surface area contributed by atoms with Crippen LogP contribution >= 0.6 is 0 Å². The highest BCUT2D eigenvalue weighted by molar-refractivity contribution is 6.09. The van der Waals surface area contributed by atoms with Crippen molar-refractivity contribution in [1.82, 2.24) is 0 Å². The van der Waals surface area contributed by atoms with Crippen molar-refractivity contribution < 1.29 is 9.31 Å². The molecule has 35 heavy (non-hydrogen) atoms. The molecule has 0 radical (unpaired) electrons. The third-order valence-corrected chi connectivity index (χ3v) is 7.48. The number of hydrogen-bond donors (Lipinski definition) is 0. The van der Waals surface area contributed by atoms with Gasteiger partial charge in [-0.15, -0.1) is 0 Å². The lowest BCUT2D eigenvalue weighted by atomic mass is 9.79. The Hall–Kier alpha value is -2.87. The summed E-state index contributed by atoms with van der Waals surface area (Å²) < 4.78 is 8.33. The first-order chi connectivity index (χ1) is 17.0. The lowest BCUT2D eigenvalue weighted by Gasteiger charge is -2.17. The Bertz CT molecular complexity index is 1180. The Morgan fingerprint density at radius 2 is 1.46 bits per heavy atom. The molecule has 1 heterocycles. The van der Waals surface area contributed by atoms with Crippen molar-refractivity contribution in [1.29, 1.82) is 0 Å². The minimum absolute atomic E-state index is 0.0551. The van der Waals surface area contributed by atoms with Crippen LogP contribution in [0.3, 0.4) is 0 Å². The second kappa shape index (κ2) is 11.7. The number of unbranched alkanes of at least 4 members (excludes halogenated alkanes) is 7. The Morgan fingerprint density at radius 3 is 2.20 bits per heavy atom. The van der Waals surface area contributed by atoms with Gasteiger partial charge < -0.3 is 4.74 Å². The van der Waals surface area contributed by atoms with Gasteiger partial charge in [0, 0.05) is 17.7 Å². The van der Waals surface area contributed by atoms with E-state index in [1.165, 1.54) is 78.2 Å². The van der Waals surface area contributed by atoms with Gasteiger partial charge in [0.25, 0.3) is 0 Å². The molecule has 184 valence electrons. The normalized spacial score (nSPS) is 14.7. The number of allylic oxidation sites excluding steroid dienone is 1. The van der Waals surface area contributed by atoms with E-state index >= 15 is 0 Å². The number of fused-ring (bicyclic) bond motifs is 3. The van der Waals surface area contributed by atoms with E-state index in [9.17, 15) is 0 Å². The zero-order valence-electron chi connectivity index (χ0n) is 22.1. The molecule has 0 spiro atoms. The molecule has 1 aliphatic rings. The van der Waals surface area contributed by atoms with Crippen LogP contribution in [0.1, 0.15) is 83.3 Å². The van der Waals surface area contributed by atoms with Gasteiger partial charge in [-0.1, -0.05) is 88.3 Å². The standard InChI is InChI=1S/C33H42NO/c1-5-6-7-8-9-10-11-14-25-35-28-21-17-26(18-22-28)19-24-31-33(2,3)32-29-16-13-12-15-27(29)20-23-30(32)34(31)4/h12-13,15-24H,5-11,14,25H2,1-4H3/q+1/b24-19+. The predicted octanol–water partition coefficient (Wildman–Crippen LogP) is 9.08. The Balaban J connectivity index is 1.33. The van der Waals surface area contributed by atoms with Gasteiger partial charge in [-0.05, 0) is 60.9 Å². The fourth-order valence-electron chi connectivity index (χ4n) is 5.47. The number of hydrogen-bond acceptors (Lipinski definition) is 1. The second-order valence-corrected chi connectivity index (χ2v) is 10.5. The van der Waals surface area contributed by atoms with Gasteiger partial charge in [0.2, 0.25) is 5.69 Å². The first kappa shape index (κ1) is 25.2. The summed E-state index contributed by atoms with van der Waals surface area (Å²) in [6.07, 6.45) is 15.1. The van der Waals surface area contributed by atoms with E-state index in [4.69, 9.17) is 4.74 Å². The molecular weight excluding hydrogens is 426 g/mol. The predicted molar refractivity (Wildman–Crippen MR) is 151 cm³/mol. The lowest BCUT2D eigenvalue weighted by molar-refractivity contribution is -0.401. The number of rotatable bonds is 12. The molecule has 0 N–H and O–H groups in total. The molecule has 2 heteroatoms. The highest BCUT2D eigenvalue weighted by Gasteiger charge is 2.44. The van der Waals surface area contributed by atoms with E-state index in [0.717, 1.165) is 18.8 Å². The minimum atomic E-state index is -0.0551. The van der Waals surface area contributed by atoms with Crippen molar-refractivity contribution in [2.75, 3.05) is 13.7 Å². The average molecular weight is 469 g/mol. The van der Waals surface area contributed by atoms with Crippen molar-refractivity contribution in [3.8, 4) is 5.75 Å². The zero-order chi connectivity index (χ0) is 24.7. The van der Waals surface area contributed by atoms with Crippen LogP contribution in [0.4, 0.5) is 5.69 Å². The molecule has 0 unspecified atom stereocenters. The van der Waals surface area contributed by atoms with Gasteiger partial charge in [0.1, 0.15) is 12.8 Å². The zero-order valence-corrected chi connectivity index (χ0v) is 22.1. The topological polar surface area (TPSA) is 12.2 Å². The lowest BCUT2D eigenvalue weighted by Crippen LogP contribution is -2.26. The summed E-state index contributed by atoms with van der Waals surface area (Å²) in [7, 11) is 2.18. The van der Waals surface area contributed by atoms with Crippen LogP contribution in [0.15, 0.2) is 66.7 Å². The summed E-state index contributed by atoms with van der Waals surface area (Å²) in [6, 6.07) is 21.7. The largest absolute Gasteiger partial charge is 0.494 e. The number of nitrogens with zero attached hydrogens (tertiary/aromatic N) is 1. The van der Waals surface area contributed by atoms with Gasteiger partial charge in [-0.3, -0.25) is 0 Å². The van der Waals surface area contributed by atoms with Crippen molar-refractivity contribution >= 4 is 28.2 Å². The van der Waals surface area contributed by atoms with Gasteiger partial charge in [-0.2, -0.15) is 4.58 Å². The highest BCUT2D eigenvalue weighted by atomic mass is 16.5. The second-order valence-electron chi connectivity index (χ2n) is 10.5. The Kier molecular flexibility index (Phi) is 8.44. The SMILES string of the molecule is CCCCCCCCCCOc1ccc(/C=C/C2=[N+](C)c3ccc4ccccc4c3C2(C)C)cc1. The van der Waals surface area contributed by atoms with Gasteiger partial charge in [-0.25, -0.2) is 0 Å². The monoisotopic (exact) mass is 468 g/mol. The molecular formula is C33H42NO+. The minimum Gasteiger partial charge on any atom is -0.494 e. The fourth-order valence-corrected chi connectivity index (χ4v) is 5.47.